The molecule has 0 amide bonds. The van der Waals surface area contributed by atoms with Gasteiger partial charge in [-0.15, -0.1) is 11.3 Å². The first kappa shape index (κ1) is 9.44. The highest BCUT2D eigenvalue weighted by Crippen LogP contribution is 2.29. The summed E-state index contributed by atoms with van der Waals surface area (Å²) in [4.78, 5) is 7.81. The average molecular weight is 217 g/mol. The molecule has 1 fully saturated rings. The van der Waals surface area contributed by atoms with Crippen LogP contribution in [0.4, 0.5) is 0 Å². The van der Waals surface area contributed by atoms with Crippen LogP contribution in [0.5, 0.6) is 0 Å². The summed E-state index contributed by atoms with van der Waals surface area (Å²) in [5.74, 6) is 0. The Labute approximate surface area is 87.5 Å². The maximum atomic E-state index is 5.77. The fourth-order valence-electron chi connectivity index (χ4n) is 1.50. The zero-order valence-corrected chi connectivity index (χ0v) is 9.24. The molecule has 1 aliphatic rings. The molecule has 2 rings (SSSR count). The normalized spacial score (nSPS) is 16.8. The van der Waals surface area contributed by atoms with Gasteiger partial charge in [-0.05, 0) is 19.4 Å². The first-order chi connectivity index (χ1) is 6.29. The SMILES string of the molecule is CCN(Cc1cnc(Cl)s1)C1CC1. The lowest BCUT2D eigenvalue weighted by Gasteiger charge is -2.17. The van der Waals surface area contributed by atoms with Gasteiger partial charge in [-0.2, -0.15) is 0 Å². The van der Waals surface area contributed by atoms with Gasteiger partial charge in [0.2, 0.25) is 0 Å². The van der Waals surface area contributed by atoms with Crippen LogP contribution in [0.25, 0.3) is 0 Å². The van der Waals surface area contributed by atoms with E-state index in [1.165, 1.54) is 17.7 Å². The van der Waals surface area contributed by atoms with Crippen molar-refractivity contribution in [2.24, 2.45) is 0 Å². The lowest BCUT2D eigenvalue weighted by Crippen LogP contribution is -2.24. The summed E-state index contributed by atoms with van der Waals surface area (Å²) in [7, 11) is 0. The van der Waals surface area contributed by atoms with E-state index >= 15 is 0 Å². The number of thiazole rings is 1. The van der Waals surface area contributed by atoms with Crippen molar-refractivity contribution >= 4 is 22.9 Å². The number of halogens is 1. The van der Waals surface area contributed by atoms with Gasteiger partial charge in [0, 0.05) is 23.7 Å². The van der Waals surface area contributed by atoms with Gasteiger partial charge in [0.05, 0.1) is 0 Å². The van der Waals surface area contributed by atoms with Gasteiger partial charge >= 0.3 is 0 Å². The average Bonchev–Trinajstić information content (AvgIpc) is 2.87. The number of aromatic nitrogens is 1. The zero-order chi connectivity index (χ0) is 9.26. The van der Waals surface area contributed by atoms with Crippen LogP contribution in [0, 0.1) is 0 Å². The Morgan fingerprint density at radius 3 is 2.92 bits per heavy atom. The molecule has 4 heteroatoms. The predicted octanol–water partition coefficient (Wildman–Crippen LogP) is 2.78. The third kappa shape index (κ3) is 2.42. The van der Waals surface area contributed by atoms with Crippen LogP contribution in [0.1, 0.15) is 24.6 Å². The van der Waals surface area contributed by atoms with Gasteiger partial charge in [-0.25, -0.2) is 4.98 Å². The molecule has 2 nitrogen and oxygen atoms in total. The van der Waals surface area contributed by atoms with Gasteiger partial charge in [-0.1, -0.05) is 18.5 Å². The van der Waals surface area contributed by atoms with Gasteiger partial charge in [0.15, 0.2) is 4.47 Å². The molecule has 1 aromatic rings. The molecule has 72 valence electrons. The van der Waals surface area contributed by atoms with Crippen molar-refractivity contribution in [2.45, 2.75) is 32.4 Å². The van der Waals surface area contributed by atoms with E-state index in [0.29, 0.717) is 4.47 Å². The fourth-order valence-corrected chi connectivity index (χ4v) is 2.50. The molecule has 0 unspecified atom stereocenters. The van der Waals surface area contributed by atoms with Crippen LogP contribution in [-0.2, 0) is 6.54 Å². The van der Waals surface area contributed by atoms with E-state index in [-0.39, 0.29) is 0 Å². The molecule has 0 aliphatic heterocycles. The van der Waals surface area contributed by atoms with Crippen LogP contribution >= 0.6 is 22.9 Å². The molecular weight excluding hydrogens is 204 g/mol. The van der Waals surface area contributed by atoms with Crippen molar-refractivity contribution in [3.8, 4) is 0 Å². The molecule has 0 N–H and O–H groups in total. The van der Waals surface area contributed by atoms with Gasteiger partial charge < -0.3 is 0 Å². The van der Waals surface area contributed by atoms with E-state index in [0.717, 1.165) is 19.1 Å². The van der Waals surface area contributed by atoms with Gasteiger partial charge in [0.1, 0.15) is 0 Å². The van der Waals surface area contributed by atoms with E-state index < -0.39 is 0 Å². The Morgan fingerprint density at radius 1 is 1.69 bits per heavy atom. The molecule has 0 aromatic carbocycles. The Kier molecular flexibility index (Phi) is 2.86. The Hall–Kier alpha value is -0.120. The second-order valence-electron chi connectivity index (χ2n) is 3.37. The minimum absolute atomic E-state index is 0.654. The van der Waals surface area contributed by atoms with Crippen molar-refractivity contribution in [1.82, 2.24) is 9.88 Å². The summed E-state index contributed by atoms with van der Waals surface area (Å²) in [6.07, 6.45) is 4.61. The summed E-state index contributed by atoms with van der Waals surface area (Å²) in [5, 5.41) is 0. The van der Waals surface area contributed by atoms with E-state index in [9.17, 15) is 0 Å². The van der Waals surface area contributed by atoms with E-state index in [4.69, 9.17) is 11.6 Å². The number of hydrogen-bond acceptors (Lipinski definition) is 3. The Balaban J connectivity index is 1.95. The van der Waals surface area contributed by atoms with E-state index in [2.05, 4.69) is 16.8 Å². The summed E-state index contributed by atoms with van der Waals surface area (Å²) >= 11 is 7.36. The van der Waals surface area contributed by atoms with Crippen LogP contribution in [0.2, 0.25) is 4.47 Å². The van der Waals surface area contributed by atoms with Crippen LogP contribution in [0.15, 0.2) is 6.20 Å². The smallest absolute Gasteiger partial charge is 0.183 e. The highest BCUT2D eigenvalue weighted by atomic mass is 35.5. The Bertz CT molecular complexity index is 283. The first-order valence-corrected chi connectivity index (χ1v) is 5.83. The summed E-state index contributed by atoms with van der Waals surface area (Å²) in [6.45, 7) is 4.35. The standard InChI is InChI=1S/C9H13ClN2S/c1-2-12(7-3-4-7)6-8-5-11-9(10)13-8/h5,7H,2-4,6H2,1H3. The monoisotopic (exact) mass is 216 g/mol. The minimum Gasteiger partial charge on any atom is -0.296 e. The van der Waals surface area contributed by atoms with Gasteiger partial charge in [-0.3, -0.25) is 4.90 Å². The number of nitrogens with zero attached hydrogens (tertiary/aromatic N) is 2. The van der Waals surface area contributed by atoms with E-state index in [1.54, 1.807) is 11.3 Å². The molecule has 0 atom stereocenters. The molecule has 13 heavy (non-hydrogen) atoms. The predicted molar refractivity (Wildman–Crippen MR) is 56.2 cm³/mol. The molecular formula is C9H13ClN2S. The van der Waals surface area contributed by atoms with Crippen LogP contribution < -0.4 is 0 Å². The summed E-state index contributed by atoms with van der Waals surface area (Å²) in [5.41, 5.74) is 0. The van der Waals surface area contributed by atoms with Gasteiger partial charge in [0.25, 0.3) is 0 Å². The van der Waals surface area contributed by atoms with Crippen molar-refractivity contribution < 1.29 is 0 Å². The molecule has 1 heterocycles. The minimum atomic E-state index is 0.654. The fraction of sp³-hybridized carbons (Fsp3) is 0.667. The quantitative estimate of drug-likeness (QED) is 0.770. The summed E-state index contributed by atoms with van der Waals surface area (Å²) < 4.78 is 0.654. The molecule has 1 aliphatic carbocycles. The number of rotatable bonds is 4. The lowest BCUT2D eigenvalue weighted by atomic mass is 10.4. The van der Waals surface area contributed by atoms with Crippen molar-refractivity contribution in [2.75, 3.05) is 6.54 Å². The highest BCUT2D eigenvalue weighted by molar-refractivity contribution is 7.15. The Morgan fingerprint density at radius 2 is 2.46 bits per heavy atom. The largest absolute Gasteiger partial charge is 0.296 e. The molecule has 0 saturated heterocycles. The maximum Gasteiger partial charge on any atom is 0.183 e. The van der Waals surface area contributed by atoms with Crippen molar-refractivity contribution in [1.29, 1.82) is 0 Å². The third-order valence-electron chi connectivity index (χ3n) is 2.35. The van der Waals surface area contributed by atoms with E-state index in [1.807, 2.05) is 6.20 Å². The zero-order valence-electron chi connectivity index (χ0n) is 7.66. The first-order valence-electron chi connectivity index (χ1n) is 4.64. The van der Waals surface area contributed by atoms with Crippen LogP contribution in [0.3, 0.4) is 0 Å². The maximum absolute atomic E-state index is 5.77. The third-order valence-corrected chi connectivity index (χ3v) is 3.45. The molecule has 0 radical (unpaired) electrons. The summed E-state index contributed by atoms with van der Waals surface area (Å²) in [6, 6.07) is 0.825. The molecule has 0 spiro atoms. The lowest BCUT2D eigenvalue weighted by molar-refractivity contribution is 0.271. The number of hydrogen-bond donors (Lipinski definition) is 0. The molecule has 0 bridgehead atoms. The van der Waals surface area contributed by atoms with Crippen LogP contribution in [-0.4, -0.2) is 22.5 Å². The van der Waals surface area contributed by atoms with Crippen molar-refractivity contribution in [3.63, 3.8) is 0 Å². The topological polar surface area (TPSA) is 16.1 Å². The van der Waals surface area contributed by atoms with Crippen molar-refractivity contribution in [3.05, 3.63) is 15.5 Å². The highest BCUT2D eigenvalue weighted by Gasteiger charge is 2.27. The second kappa shape index (κ2) is 3.95. The molecule has 1 saturated carbocycles. The molecule has 1 aromatic heterocycles. The second-order valence-corrected chi connectivity index (χ2v) is 5.07.